The summed E-state index contributed by atoms with van der Waals surface area (Å²) in [6.45, 7) is 13.4. The van der Waals surface area contributed by atoms with Crippen molar-refractivity contribution in [2.24, 2.45) is 5.92 Å². The lowest BCUT2D eigenvalue weighted by atomic mass is 9.77. The van der Waals surface area contributed by atoms with Gasteiger partial charge in [0.05, 0.1) is 0 Å². The highest BCUT2D eigenvalue weighted by molar-refractivity contribution is 5.69. The Labute approximate surface area is 171 Å². The third-order valence-corrected chi connectivity index (χ3v) is 6.21. The van der Waals surface area contributed by atoms with Crippen molar-refractivity contribution in [3.8, 4) is 0 Å². The van der Waals surface area contributed by atoms with Crippen LogP contribution in [-0.4, -0.2) is 52.7 Å². The fourth-order valence-corrected chi connectivity index (χ4v) is 4.83. The largest absolute Gasteiger partial charge is 0.444 e. The standard InChI is InChI=1S/C24H38N2O2/c1-23(2,3)28-22(27)26-18-20(16-19-12-8-6-9-13-19)21(17-24(26,4)5)25-14-10-7-11-15-25/h6,8-9,12-13,20-21H,7,10-11,14-18H2,1-5H3. The average Bonchev–Trinajstić information content (AvgIpc) is 2.62. The molecule has 2 aliphatic heterocycles. The van der Waals surface area contributed by atoms with Gasteiger partial charge in [-0.25, -0.2) is 4.79 Å². The van der Waals surface area contributed by atoms with Gasteiger partial charge in [0.25, 0.3) is 0 Å². The number of carbonyl (C=O) groups excluding carboxylic acids is 1. The van der Waals surface area contributed by atoms with Crippen LogP contribution in [0.4, 0.5) is 4.79 Å². The van der Waals surface area contributed by atoms with Gasteiger partial charge < -0.3 is 9.64 Å². The zero-order chi connectivity index (χ0) is 20.4. The van der Waals surface area contributed by atoms with Crippen LogP contribution in [0.5, 0.6) is 0 Å². The Hall–Kier alpha value is -1.55. The minimum Gasteiger partial charge on any atom is -0.444 e. The Morgan fingerprint density at radius 2 is 1.75 bits per heavy atom. The van der Waals surface area contributed by atoms with E-state index in [0.29, 0.717) is 12.0 Å². The van der Waals surface area contributed by atoms with Gasteiger partial charge in [-0.2, -0.15) is 0 Å². The molecule has 28 heavy (non-hydrogen) atoms. The molecule has 1 aromatic rings. The molecule has 0 N–H and O–H groups in total. The topological polar surface area (TPSA) is 32.8 Å². The molecule has 0 aromatic heterocycles. The normalized spacial score (nSPS) is 26.1. The van der Waals surface area contributed by atoms with Gasteiger partial charge in [-0.05, 0) is 84.9 Å². The lowest BCUT2D eigenvalue weighted by molar-refractivity contribution is -0.0445. The van der Waals surface area contributed by atoms with Crippen molar-refractivity contribution in [2.45, 2.75) is 83.9 Å². The molecule has 0 bridgehead atoms. The van der Waals surface area contributed by atoms with Crippen molar-refractivity contribution >= 4 is 6.09 Å². The molecule has 2 unspecified atom stereocenters. The number of amides is 1. The minimum absolute atomic E-state index is 0.173. The molecule has 156 valence electrons. The van der Waals surface area contributed by atoms with Crippen LogP contribution in [0.1, 0.15) is 65.9 Å². The SMILES string of the molecule is CC(C)(C)OC(=O)N1CC(Cc2ccccc2)C(N2CCCCC2)CC1(C)C. The molecule has 2 aliphatic rings. The Morgan fingerprint density at radius 3 is 2.36 bits per heavy atom. The first-order valence-corrected chi connectivity index (χ1v) is 10.9. The van der Waals surface area contributed by atoms with Gasteiger partial charge in [0.15, 0.2) is 0 Å². The van der Waals surface area contributed by atoms with Gasteiger partial charge >= 0.3 is 6.09 Å². The van der Waals surface area contributed by atoms with Crippen molar-refractivity contribution in [3.05, 3.63) is 35.9 Å². The van der Waals surface area contributed by atoms with Crippen LogP contribution in [0.25, 0.3) is 0 Å². The Balaban J connectivity index is 1.83. The highest BCUT2D eigenvalue weighted by Crippen LogP contribution is 2.37. The highest BCUT2D eigenvalue weighted by atomic mass is 16.6. The summed E-state index contributed by atoms with van der Waals surface area (Å²) < 4.78 is 5.77. The van der Waals surface area contributed by atoms with E-state index in [2.05, 4.69) is 49.1 Å². The van der Waals surface area contributed by atoms with Gasteiger partial charge in [0.2, 0.25) is 0 Å². The molecule has 1 aromatic carbocycles. The molecule has 3 rings (SSSR count). The summed E-state index contributed by atoms with van der Waals surface area (Å²) in [6.07, 6.45) is 5.78. The van der Waals surface area contributed by atoms with E-state index in [9.17, 15) is 4.79 Å². The van der Waals surface area contributed by atoms with E-state index < -0.39 is 5.60 Å². The number of likely N-dealkylation sites (tertiary alicyclic amines) is 2. The maximum absolute atomic E-state index is 13.0. The summed E-state index contributed by atoms with van der Waals surface area (Å²) in [4.78, 5) is 17.7. The number of ether oxygens (including phenoxy) is 1. The second-order valence-corrected chi connectivity index (χ2v) is 10.2. The van der Waals surface area contributed by atoms with E-state index in [0.717, 1.165) is 19.4 Å². The minimum atomic E-state index is -0.466. The van der Waals surface area contributed by atoms with Gasteiger partial charge in [-0.3, -0.25) is 4.90 Å². The van der Waals surface area contributed by atoms with Crippen molar-refractivity contribution in [3.63, 3.8) is 0 Å². The second-order valence-electron chi connectivity index (χ2n) is 10.2. The number of hydrogen-bond acceptors (Lipinski definition) is 3. The fourth-order valence-electron chi connectivity index (χ4n) is 4.83. The summed E-state index contributed by atoms with van der Waals surface area (Å²) in [6, 6.07) is 11.3. The zero-order valence-electron chi connectivity index (χ0n) is 18.4. The van der Waals surface area contributed by atoms with Crippen LogP contribution in [0.15, 0.2) is 30.3 Å². The first-order valence-electron chi connectivity index (χ1n) is 10.9. The van der Waals surface area contributed by atoms with Gasteiger partial charge in [0.1, 0.15) is 5.60 Å². The van der Waals surface area contributed by atoms with E-state index in [1.807, 2.05) is 25.7 Å². The van der Waals surface area contributed by atoms with Crippen LogP contribution in [0, 0.1) is 5.92 Å². The fraction of sp³-hybridized carbons (Fsp3) is 0.708. The van der Waals surface area contributed by atoms with E-state index in [1.54, 1.807) is 0 Å². The summed E-state index contributed by atoms with van der Waals surface area (Å²) in [5, 5.41) is 0. The van der Waals surface area contributed by atoms with Crippen LogP contribution < -0.4 is 0 Å². The number of rotatable bonds is 3. The Kier molecular flexibility index (Phi) is 6.38. The number of benzene rings is 1. The van der Waals surface area contributed by atoms with Gasteiger partial charge in [-0.15, -0.1) is 0 Å². The first-order chi connectivity index (χ1) is 13.2. The summed E-state index contributed by atoms with van der Waals surface area (Å²) in [5.74, 6) is 0.432. The number of nitrogens with zero attached hydrogens (tertiary/aromatic N) is 2. The molecule has 0 radical (unpaired) electrons. The summed E-state index contributed by atoms with van der Waals surface area (Å²) in [5.41, 5.74) is 0.696. The zero-order valence-corrected chi connectivity index (χ0v) is 18.4. The molecule has 1 amide bonds. The molecule has 4 heteroatoms. The van der Waals surface area contributed by atoms with Gasteiger partial charge in [0, 0.05) is 18.1 Å². The number of hydrogen-bond donors (Lipinski definition) is 0. The van der Waals surface area contributed by atoms with Crippen LogP contribution in [0.3, 0.4) is 0 Å². The molecule has 4 nitrogen and oxygen atoms in total. The van der Waals surface area contributed by atoms with E-state index in [1.165, 1.54) is 37.9 Å². The molecule has 0 saturated carbocycles. The molecule has 2 atom stereocenters. The second kappa shape index (κ2) is 8.44. The molecular weight excluding hydrogens is 348 g/mol. The van der Waals surface area contributed by atoms with Crippen molar-refractivity contribution in [2.75, 3.05) is 19.6 Å². The third-order valence-electron chi connectivity index (χ3n) is 6.21. The predicted octanol–water partition coefficient (Wildman–Crippen LogP) is 5.12. The Morgan fingerprint density at radius 1 is 1.11 bits per heavy atom. The smallest absolute Gasteiger partial charge is 0.410 e. The lowest BCUT2D eigenvalue weighted by Gasteiger charge is -2.52. The predicted molar refractivity (Wildman–Crippen MR) is 114 cm³/mol. The molecule has 2 saturated heterocycles. The maximum Gasteiger partial charge on any atom is 0.410 e. The van der Waals surface area contributed by atoms with Crippen molar-refractivity contribution in [1.82, 2.24) is 9.80 Å². The molecule has 0 spiro atoms. The number of piperidine rings is 2. The van der Waals surface area contributed by atoms with Crippen molar-refractivity contribution in [1.29, 1.82) is 0 Å². The molecular formula is C24H38N2O2. The average molecular weight is 387 g/mol. The lowest BCUT2D eigenvalue weighted by Crippen LogP contribution is -2.62. The summed E-state index contributed by atoms with van der Waals surface area (Å²) in [7, 11) is 0. The quantitative estimate of drug-likeness (QED) is 0.723. The van der Waals surface area contributed by atoms with Crippen LogP contribution >= 0.6 is 0 Å². The molecule has 0 aliphatic carbocycles. The monoisotopic (exact) mass is 386 g/mol. The third kappa shape index (κ3) is 5.28. The van der Waals surface area contributed by atoms with Crippen molar-refractivity contribution < 1.29 is 9.53 Å². The van der Waals surface area contributed by atoms with E-state index in [4.69, 9.17) is 4.74 Å². The Bertz CT molecular complexity index is 644. The van der Waals surface area contributed by atoms with E-state index in [-0.39, 0.29) is 11.6 Å². The maximum atomic E-state index is 13.0. The van der Waals surface area contributed by atoms with Crippen LogP contribution in [0.2, 0.25) is 0 Å². The number of carbonyl (C=O) groups is 1. The van der Waals surface area contributed by atoms with Crippen LogP contribution in [-0.2, 0) is 11.2 Å². The van der Waals surface area contributed by atoms with Gasteiger partial charge in [-0.1, -0.05) is 36.8 Å². The highest BCUT2D eigenvalue weighted by Gasteiger charge is 2.45. The first kappa shape index (κ1) is 21.2. The summed E-state index contributed by atoms with van der Waals surface area (Å²) >= 11 is 0. The molecule has 2 heterocycles. The van der Waals surface area contributed by atoms with E-state index >= 15 is 0 Å². The molecule has 2 fully saturated rings.